The van der Waals surface area contributed by atoms with E-state index < -0.39 is 11.2 Å². The molecule has 0 spiro atoms. The molecule has 2 aromatic rings. The minimum atomic E-state index is -1.29. The highest BCUT2D eigenvalue weighted by molar-refractivity contribution is 7.90. The molecule has 1 atom stereocenters. The second-order valence-electron chi connectivity index (χ2n) is 6.01. The van der Waals surface area contributed by atoms with Gasteiger partial charge < -0.3 is 4.55 Å². The van der Waals surface area contributed by atoms with Crippen LogP contribution in [-0.2, 0) is 16.0 Å². The van der Waals surface area contributed by atoms with Crippen LogP contribution in [0.4, 0.5) is 5.13 Å². The van der Waals surface area contributed by atoms with Crippen LogP contribution in [-0.4, -0.2) is 26.7 Å². The maximum absolute atomic E-state index is 12.9. The zero-order chi connectivity index (χ0) is 18.7. The molecule has 2 aromatic heterocycles. The summed E-state index contributed by atoms with van der Waals surface area (Å²) in [7, 11) is 0. The maximum Gasteiger partial charge on any atom is 0.263 e. The quantitative estimate of drug-likeness (QED) is 0.546. The Hall–Kier alpha value is -1.12. The Morgan fingerprint density at radius 2 is 2.08 bits per heavy atom. The molecule has 0 bridgehead atoms. The largest absolute Gasteiger partial charge is 0.610 e. The minimum absolute atomic E-state index is 0.283. The van der Waals surface area contributed by atoms with Gasteiger partial charge in [-0.2, -0.15) is 0 Å². The zero-order valence-electron chi connectivity index (χ0n) is 14.0. The summed E-state index contributed by atoms with van der Waals surface area (Å²) in [4.78, 5) is 21.1. The number of rotatable bonds is 5. The van der Waals surface area contributed by atoms with Gasteiger partial charge in [0.15, 0.2) is 5.13 Å². The molecule has 0 radical (unpaired) electrons. The molecule has 2 heterocycles. The van der Waals surface area contributed by atoms with E-state index in [4.69, 9.17) is 23.2 Å². The normalized spacial score (nSPS) is 16.7. The number of nitrogens with zero attached hydrogens (tertiary/aromatic N) is 2. The van der Waals surface area contributed by atoms with Gasteiger partial charge >= 0.3 is 0 Å². The number of pyridine rings is 1. The first-order valence-electron chi connectivity index (χ1n) is 8.08. The van der Waals surface area contributed by atoms with Crippen molar-refractivity contribution in [3.8, 4) is 0 Å². The SMILES string of the molecule is C[S+]([O-])c1ncc(/C(=C\C2CCCC2)C(=O)Nc2ncc(Cl)s2)cc1Cl. The van der Waals surface area contributed by atoms with E-state index >= 15 is 0 Å². The van der Waals surface area contributed by atoms with Gasteiger partial charge in [0.05, 0.1) is 6.20 Å². The van der Waals surface area contributed by atoms with Gasteiger partial charge in [0.1, 0.15) is 15.6 Å². The third kappa shape index (κ3) is 4.78. The van der Waals surface area contributed by atoms with Crippen LogP contribution in [0, 0.1) is 5.92 Å². The molecule has 0 aliphatic heterocycles. The van der Waals surface area contributed by atoms with Gasteiger partial charge in [-0.3, -0.25) is 10.1 Å². The van der Waals surface area contributed by atoms with Crippen molar-refractivity contribution in [2.24, 2.45) is 5.92 Å². The first-order valence-corrected chi connectivity index (χ1v) is 11.2. The molecule has 1 unspecified atom stereocenters. The molecule has 1 aliphatic rings. The fourth-order valence-electron chi connectivity index (χ4n) is 2.92. The molecule has 0 saturated heterocycles. The number of halogens is 2. The van der Waals surface area contributed by atoms with Gasteiger partial charge in [-0.1, -0.05) is 53.5 Å². The molecular weight excluding hydrogens is 413 g/mol. The molecule has 3 rings (SSSR count). The molecule has 5 nitrogen and oxygen atoms in total. The number of hydrogen-bond acceptors (Lipinski definition) is 5. The standard InChI is InChI=1S/C17H17Cl2N3O2S2/c1-26(24)16-13(18)7-11(8-20-16)12(6-10-4-2-3-5-10)15(23)22-17-21-9-14(19)25-17/h6-10H,2-5H2,1H3,(H,21,22,23)/b12-6+. The van der Waals surface area contributed by atoms with E-state index in [2.05, 4.69) is 15.3 Å². The smallest absolute Gasteiger partial charge is 0.263 e. The number of thiazole rings is 1. The molecule has 1 fully saturated rings. The summed E-state index contributed by atoms with van der Waals surface area (Å²) in [6, 6.07) is 1.64. The molecule has 1 aliphatic carbocycles. The van der Waals surface area contributed by atoms with Crippen LogP contribution in [0.3, 0.4) is 0 Å². The van der Waals surface area contributed by atoms with E-state index in [0.717, 1.165) is 25.7 Å². The number of nitrogens with one attached hydrogen (secondary N) is 1. The van der Waals surface area contributed by atoms with Crippen molar-refractivity contribution in [2.45, 2.75) is 30.7 Å². The number of aromatic nitrogens is 2. The number of carbonyl (C=O) groups is 1. The summed E-state index contributed by atoms with van der Waals surface area (Å²) in [6.45, 7) is 0. The number of anilines is 1. The number of allylic oxidation sites excluding steroid dienone is 1. The van der Waals surface area contributed by atoms with Crippen LogP contribution < -0.4 is 5.32 Å². The molecule has 1 saturated carbocycles. The van der Waals surface area contributed by atoms with Gasteiger partial charge in [-0.05, 0) is 24.8 Å². The Bertz CT molecular complexity index is 833. The van der Waals surface area contributed by atoms with Gasteiger partial charge in [0, 0.05) is 28.5 Å². The average molecular weight is 430 g/mol. The highest BCUT2D eigenvalue weighted by Gasteiger charge is 2.22. The van der Waals surface area contributed by atoms with E-state index in [1.807, 2.05) is 6.08 Å². The van der Waals surface area contributed by atoms with Crippen molar-refractivity contribution in [2.75, 3.05) is 11.6 Å². The van der Waals surface area contributed by atoms with Crippen molar-refractivity contribution in [1.82, 2.24) is 9.97 Å². The van der Waals surface area contributed by atoms with Crippen molar-refractivity contribution >= 4 is 62.3 Å². The summed E-state index contributed by atoms with van der Waals surface area (Å²) < 4.78 is 12.2. The Morgan fingerprint density at radius 3 is 2.65 bits per heavy atom. The fraction of sp³-hybridized carbons (Fsp3) is 0.353. The van der Waals surface area contributed by atoms with Crippen LogP contribution in [0.25, 0.3) is 5.57 Å². The number of hydrogen-bond donors (Lipinski definition) is 1. The predicted molar refractivity (Wildman–Crippen MR) is 107 cm³/mol. The molecule has 138 valence electrons. The topological polar surface area (TPSA) is 77.9 Å². The summed E-state index contributed by atoms with van der Waals surface area (Å²) in [6.07, 6.45) is 10.9. The minimum Gasteiger partial charge on any atom is -0.610 e. The van der Waals surface area contributed by atoms with Gasteiger partial charge in [-0.15, -0.1) is 0 Å². The Morgan fingerprint density at radius 1 is 1.35 bits per heavy atom. The Kier molecular flexibility index (Phi) is 6.58. The lowest BCUT2D eigenvalue weighted by Crippen LogP contribution is -2.15. The second-order valence-corrected chi connectivity index (χ2v) is 9.38. The maximum atomic E-state index is 12.9. The number of carbonyl (C=O) groups excluding carboxylic acids is 1. The fourth-order valence-corrected chi connectivity index (χ4v) is 4.76. The molecular formula is C17H17Cl2N3O2S2. The zero-order valence-corrected chi connectivity index (χ0v) is 17.1. The van der Waals surface area contributed by atoms with Crippen LogP contribution in [0.1, 0.15) is 31.2 Å². The lowest BCUT2D eigenvalue weighted by molar-refractivity contribution is -0.111. The molecule has 1 N–H and O–H groups in total. The van der Waals surface area contributed by atoms with E-state index in [-0.39, 0.29) is 10.9 Å². The molecule has 1 amide bonds. The van der Waals surface area contributed by atoms with Gasteiger partial charge in [0.2, 0.25) is 0 Å². The van der Waals surface area contributed by atoms with Crippen LogP contribution in [0.2, 0.25) is 9.36 Å². The average Bonchev–Trinajstić information content (AvgIpc) is 3.23. The highest BCUT2D eigenvalue weighted by atomic mass is 35.5. The lowest BCUT2D eigenvalue weighted by Gasteiger charge is -2.12. The molecule has 9 heteroatoms. The summed E-state index contributed by atoms with van der Waals surface area (Å²) in [5, 5.41) is 3.80. The summed E-state index contributed by atoms with van der Waals surface area (Å²) in [5.74, 6) is 0.0561. The van der Waals surface area contributed by atoms with Crippen molar-refractivity contribution < 1.29 is 9.35 Å². The highest BCUT2D eigenvalue weighted by Crippen LogP contribution is 2.32. The van der Waals surface area contributed by atoms with E-state index in [9.17, 15) is 9.35 Å². The van der Waals surface area contributed by atoms with Crippen molar-refractivity contribution in [3.05, 3.63) is 39.5 Å². The first-order chi connectivity index (χ1) is 12.4. The second kappa shape index (κ2) is 8.71. The van der Waals surface area contributed by atoms with Crippen LogP contribution in [0.15, 0.2) is 29.6 Å². The van der Waals surface area contributed by atoms with Crippen molar-refractivity contribution in [1.29, 1.82) is 0 Å². The third-order valence-electron chi connectivity index (χ3n) is 4.14. The van der Waals surface area contributed by atoms with E-state index in [0.29, 0.717) is 31.5 Å². The third-order valence-corrected chi connectivity index (χ3v) is 6.44. The van der Waals surface area contributed by atoms with Gasteiger partial charge in [-0.25, -0.2) is 9.97 Å². The Labute approximate surface area is 169 Å². The first kappa shape index (κ1) is 19.6. The summed E-state index contributed by atoms with van der Waals surface area (Å²) in [5.41, 5.74) is 1.09. The van der Waals surface area contributed by atoms with E-state index in [1.54, 1.807) is 6.07 Å². The van der Waals surface area contributed by atoms with E-state index in [1.165, 1.54) is 30.0 Å². The Balaban J connectivity index is 1.92. The van der Waals surface area contributed by atoms with Crippen LogP contribution in [0.5, 0.6) is 0 Å². The van der Waals surface area contributed by atoms with Crippen molar-refractivity contribution in [3.63, 3.8) is 0 Å². The van der Waals surface area contributed by atoms with Crippen LogP contribution >= 0.6 is 34.5 Å². The number of amides is 1. The summed E-state index contributed by atoms with van der Waals surface area (Å²) >= 11 is 12.0. The molecule has 0 aromatic carbocycles. The van der Waals surface area contributed by atoms with Gasteiger partial charge in [0.25, 0.3) is 10.9 Å². The predicted octanol–water partition coefficient (Wildman–Crippen LogP) is 4.79. The lowest BCUT2D eigenvalue weighted by atomic mass is 9.99. The monoisotopic (exact) mass is 429 g/mol. The molecule has 26 heavy (non-hydrogen) atoms.